The van der Waals surface area contributed by atoms with Crippen molar-refractivity contribution in [3.8, 4) is 0 Å². The van der Waals surface area contributed by atoms with Gasteiger partial charge in [-0.1, -0.05) is 68.8 Å². The Morgan fingerprint density at radius 1 is 1.14 bits per heavy atom. The zero-order valence-corrected chi connectivity index (χ0v) is 15.0. The van der Waals surface area contributed by atoms with Gasteiger partial charge in [-0.2, -0.15) is 0 Å². The quantitative estimate of drug-likeness (QED) is 0.723. The summed E-state index contributed by atoms with van der Waals surface area (Å²) in [5.74, 6) is 0. The molecular weight excluding hydrogens is 346 g/mol. The molecule has 2 N–H and O–H groups in total. The second-order valence-corrected chi connectivity index (χ2v) is 7.21. The molecule has 0 heterocycles. The van der Waals surface area contributed by atoms with E-state index in [-0.39, 0.29) is 11.5 Å². The Bertz CT molecular complexity index is 620. The average Bonchev–Trinajstić information content (AvgIpc) is 2.49. The van der Waals surface area contributed by atoms with Crippen molar-refractivity contribution in [1.82, 2.24) is 0 Å². The van der Waals surface area contributed by atoms with Crippen molar-refractivity contribution in [1.29, 1.82) is 0 Å². The van der Waals surface area contributed by atoms with Gasteiger partial charge in [0, 0.05) is 4.47 Å². The molecule has 0 aliphatic carbocycles. The minimum Gasteiger partial charge on any atom is -0.320 e. The number of hydrogen-bond acceptors (Lipinski definition) is 1. The topological polar surface area (TPSA) is 26.0 Å². The first-order valence-corrected chi connectivity index (χ1v) is 8.34. The van der Waals surface area contributed by atoms with Crippen molar-refractivity contribution in [2.75, 3.05) is 0 Å². The van der Waals surface area contributed by atoms with Gasteiger partial charge in [0.1, 0.15) is 0 Å². The van der Waals surface area contributed by atoms with Crippen LogP contribution < -0.4 is 5.73 Å². The summed E-state index contributed by atoms with van der Waals surface area (Å²) < 4.78 is 0.876. The maximum absolute atomic E-state index is 6.37. The van der Waals surface area contributed by atoms with Gasteiger partial charge in [0.25, 0.3) is 0 Å². The van der Waals surface area contributed by atoms with Crippen molar-refractivity contribution < 1.29 is 0 Å². The lowest BCUT2D eigenvalue weighted by Crippen LogP contribution is -2.16. The summed E-state index contributed by atoms with van der Waals surface area (Å²) in [6, 6.07) is 14.2. The predicted octanol–water partition coefficient (Wildman–Crippen LogP) is 5.84. The van der Waals surface area contributed by atoms with E-state index in [9.17, 15) is 0 Å². The molecule has 0 aliphatic heterocycles. The van der Waals surface area contributed by atoms with Gasteiger partial charge >= 0.3 is 0 Å². The molecule has 0 bridgehead atoms. The summed E-state index contributed by atoms with van der Waals surface area (Å²) >= 11 is 9.78. The summed E-state index contributed by atoms with van der Waals surface area (Å²) in [4.78, 5) is 0. The molecule has 3 heteroatoms. The molecule has 0 fully saturated rings. The van der Waals surface area contributed by atoms with Gasteiger partial charge in [0.2, 0.25) is 0 Å². The minimum atomic E-state index is -0.214. The van der Waals surface area contributed by atoms with E-state index in [0.717, 1.165) is 22.0 Å². The van der Waals surface area contributed by atoms with E-state index in [4.69, 9.17) is 17.3 Å². The summed E-state index contributed by atoms with van der Waals surface area (Å²) in [5.41, 5.74) is 9.91. The van der Waals surface area contributed by atoms with Gasteiger partial charge in [0.05, 0.1) is 11.1 Å². The van der Waals surface area contributed by atoms with E-state index in [1.807, 2.05) is 18.2 Å². The number of benzene rings is 2. The third-order valence-electron chi connectivity index (χ3n) is 4.25. The van der Waals surface area contributed by atoms with Gasteiger partial charge in [-0.25, -0.2) is 0 Å². The molecule has 0 aromatic heterocycles. The third-order valence-corrected chi connectivity index (χ3v) is 5.56. The van der Waals surface area contributed by atoms with Gasteiger partial charge in [-0.05, 0) is 50.5 Å². The van der Waals surface area contributed by atoms with E-state index >= 15 is 0 Å². The first-order valence-electron chi connectivity index (χ1n) is 7.16. The van der Waals surface area contributed by atoms with Crippen molar-refractivity contribution in [3.63, 3.8) is 0 Å². The Morgan fingerprint density at radius 2 is 1.76 bits per heavy atom. The maximum Gasteiger partial charge on any atom is 0.0599 e. The third kappa shape index (κ3) is 3.50. The van der Waals surface area contributed by atoms with Crippen LogP contribution in [0.4, 0.5) is 0 Å². The molecule has 1 unspecified atom stereocenters. The molecule has 1 atom stereocenters. The minimum absolute atomic E-state index is 0.191. The van der Waals surface area contributed by atoms with Crippen LogP contribution in [0.25, 0.3) is 0 Å². The standard InChI is InChI=1S/C18H21BrClN/c1-4-18(2,3)13-10-8-12(9-11-13)17(21)14-6-5-7-15(19)16(14)20/h5-11,17H,4,21H2,1-3H3. The maximum atomic E-state index is 6.37. The molecule has 1 nitrogen and oxygen atoms in total. The first kappa shape index (κ1) is 16.5. The molecular formula is C18H21BrClN. The predicted molar refractivity (Wildman–Crippen MR) is 94.9 cm³/mol. The van der Waals surface area contributed by atoms with E-state index < -0.39 is 0 Å². The summed E-state index contributed by atoms with van der Waals surface area (Å²) in [5, 5.41) is 0.683. The number of halogens is 2. The summed E-state index contributed by atoms with van der Waals surface area (Å²) in [6.07, 6.45) is 1.11. The van der Waals surface area contributed by atoms with Crippen LogP contribution in [0, 0.1) is 0 Å². The van der Waals surface area contributed by atoms with Crippen LogP contribution in [-0.4, -0.2) is 0 Å². The average molecular weight is 367 g/mol. The Labute approximate surface area is 140 Å². The van der Waals surface area contributed by atoms with Gasteiger partial charge in [-0.3, -0.25) is 0 Å². The highest BCUT2D eigenvalue weighted by Crippen LogP contribution is 2.33. The highest BCUT2D eigenvalue weighted by molar-refractivity contribution is 9.10. The van der Waals surface area contributed by atoms with Crippen molar-refractivity contribution in [2.24, 2.45) is 5.73 Å². The van der Waals surface area contributed by atoms with E-state index in [1.54, 1.807) is 0 Å². The van der Waals surface area contributed by atoms with Gasteiger partial charge in [0.15, 0.2) is 0 Å². The fourth-order valence-corrected chi connectivity index (χ4v) is 2.91. The second-order valence-electron chi connectivity index (χ2n) is 5.98. The van der Waals surface area contributed by atoms with Crippen molar-refractivity contribution in [2.45, 2.75) is 38.6 Å². The summed E-state index contributed by atoms with van der Waals surface area (Å²) in [7, 11) is 0. The molecule has 2 aromatic carbocycles. The van der Waals surface area contributed by atoms with Crippen LogP contribution in [0.2, 0.25) is 5.02 Å². The SMILES string of the molecule is CCC(C)(C)c1ccc(C(N)c2cccc(Br)c2Cl)cc1. The van der Waals surface area contributed by atoms with Crippen LogP contribution in [0.1, 0.15) is 49.9 Å². The molecule has 0 radical (unpaired) electrons. The summed E-state index contributed by atoms with van der Waals surface area (Å²) in [6.45, 7) is 6.72. The normalized spacial score (nSPS) is 13.2. The Kier molecular flexibility index (Phi) is 5.13. The zero-order chi connectivity index (χ0) is 15.6. The molecule has 2 aromatic rings. The molecule has 0 amide bonds. The highest BCUT2D eigenvalue weighted by Gasteiger charge is 2.19. The lowest BCUT2D eigenvalue weighted by molar-refractivity contribution is 0.506. The van der Waals surface area contributed by atoms with Crippen molar-refractivity contribution in [3.05, 3.63) is 68.7 Å². The number of nitrogens with two attached hydrogens (primary N) is 1. The molecule has 0 aliphatic rings. The highest BCUT2D eigenvalue weighted by atomic mass is 79.9. The Hall–Kier alpha value is -0.830. The van der Waals surface area contributed by atoms with Gasteiger partial charge < -0.3 is 5.73 Å². The van der Waals surface area contributed by atoms with E-state index in [0.29, 0.717) is 5.02 Å². The molecule has 0 saturated heterocycles. The monoisotopic (exact) mass is 365 g/mol. The van der Waals surface area contributed by atoms with E-state index in [2.05, 4.69) is 61.0 Å². The van der Waals surface area contributed by atoms with Crippen LogP contribution in [0.3, 0.4) is 0 Å². The second kappa shape index (κ2) is 6.51. The fraction of sp³-hybridized carbons (Fsp3) is 0.333. The first-order chi connectivity index (χ1) is 9.86. The lowest BCUT2D eigenvalue weighted by Gasteiger charge is -2.24. The molecule has 2 rings (SSSR count). The number of rotatable bonds is 4. The van der Waals surface area contributed by atoms with Crippen LogP contribution in [0.15, 0.2) is 46.9 Å². The van der Waals surface area contributed by atoms with Crippen LogP contribution in [-0.2, 0) is 5.41 Å². The lowest BCUT2D eigenvalue weighted by atomic mass is 9.81. The fourth-order valence-electron chi connectivity index (χ4n) is 2.29. The smallest absolute Gasteiger partial charge is 0.0599 e. The zero-order valence-electron chi connectivity index (χ0n) is 12.7. The Balaban J connectivity index is 2.32. The molecule has 0 spiro atoms. The molecule has 21 heavy (non-hydrogen) atoms. The van der Waals surface area contributed by atoms with Gasteiger partial charge in [-0.15, -0.1) is 0 Å². The molecule has 112 valence electrons. The number of hydrogen-bond donors (Lipinski definition) is 1. The van der Waals surface area contributed by atoms with Crippen molar-refractivity contribution >= 4 is 27.5 Å². The van der Waals surface area contributed by atoms with Crippen LogP contribution in [0.5, 0.6) is 0 Å². The Morgan fingerprint density at radius 3 is 2.33 bits per heavy atom. The van der Waals surface area contributed by atoms with E-state index in [1.165, 1.54) is 5.56 Å². The largest absolute Gasteiger partial charge is 0.320 e. The molecule has 0 saturated carbocycles. The van der Waals surface area contributed by atoms with Crippen LogP contribution >= 0.6 is 27.5 Å².